The third-order valence-electron chi connectivity index (χ3n) is 2.96. The van der Waals surface area contributed by atoms with Gasteiger partial charge in [-0.1, -0.05) is 32.0 Å². The summed E-state index contributed by atoms with van der Waals surface area (Å²) in [4.78, 5) is 0. The van der Waals surface area contributed by atoms with Crippen LogP contribution in [0.1, 0.15) is 38.3 Å². The van der Waals surface area contributed by atoms with Gasteiger partial charge in [0.15, 0.2) is 0 Å². The van der Waals surface area contributed by atoms with E-state index in [1.807, 2.05) is 13.8 Å². The molecule has 0 saturated carbocycles. The lowest BCUT2D eigenvalue weighted by atomic mass is 9.95. The first kappa shape index (κ1) is 16.8. The summed E-state index contributed by atoms with van der Waals surface area (Å²) in [5.41, 5.74) is 6.00. The van der Waals surface area contributed by atoms with Crippen LogP contribution in [0.4, 0.5) is 13.2 Å². The second-order valence-electron chi connectivity index (χ2n) is 5.15. The van der Waals surface area contributed by atoms with Crippen LogP contribution < -0.4 is 10.5 Å². The van der Waals surface area contributed by atoms with E-state index in [0.29, 0.717) is 12.3 Å². The largest absolute Gasteiger partial charge is 0.573 e. The van der Waals surface area contributed by atoms with Gasteiger partial charge in [-0.25, -0.2) is 0 Å². The molecule has 1 aromatic rings. The standard InChI is InChI=1S/C14H20F3NO2/c1-9(2)7-8-11(19)13(18)10-5-3-4-6-12(10)20-14(15,16)17/h3-6,9,11,13,19H,7-8,18H2,1-2H3/t11-,13+/m0/s1. The van der Waals surface area contributed by atoms with E-state index < -0.39 is 18.5 Å². The molecule has 114 valence electrons. The van der Waals surface area contributed by atoms with Crippen molar-refractivity contribution < 1.29 is 23.0 Å². The lowest BCUT2D eigenvalue weighted by molar-refractivity contribution is -0.275. The van der Waals surface area contributed by atoms with Crippen molar-refractivity contribution in [2.75, 3.05) is 0 Å². The van der Waals surface area contributed by atoms with Crippen LogP contribution >= 0.6 is 0 Å². The molecule has 1 rings (SSSR count). The minimum Gasteiger partial charge on any atom is -0.405 e. The SMILES string of the molecule is CC(C)CC[C@H](O)[C@H](N)c1ccccc1OC(F)(F)F. The van der Waals surface area contributed by atoms with E-state index in [0.717, 1.165) is 6.42 Å². The predicted octanol–water partition coefficient (Wildman–Crippen LogP) is 3.38. The van der Waals surface area contributed by atoms with Crippen molar-refractivity contribution in [3.8, 4) is 5.75 Å². The summed E-state index contributed by atoms with van der Waals surface area (Å²) >= 11 is 0. The highest BCUT2D eigenvalue weighted by molar-refractivity contribution is 5.36. The summed E-state index contributed by atoms with van der Waals surface area (Å²) in [5, 5.41) is 9.98. The van der Waals surface area contributed by atoms with Gasteiger partial charge in [-0.15, -0.1) is 13.2 Å². The Hall–Kier alpha value is -1.27. The molecular formula is C14H20F3NO2. The van der Waals surface area contributed by atoms with Crippen LogP contribution in [0.3, 0.4) is 0 Å². The first-order chi connectivity index (χ1) is 9.20. The number of alkyl halides is 3. The van der Waals surface area contributed by atoms with Gasteiger partial charge in [0.1, 0.15) is 5.75 Å². The van der Waals surface area contributed by atoms with Crippen molar-refractivity contribution >= 4 is 0 Å². The molecule has 0 bridgehead atoms. The molecule has 0 aromatic heterocycles. The Labute approximate surface area is 116 Å². The molecule has 0 heterocycles. The van der Waals surface area contributed by atoms with Crippen LogP contribution in [0.15, 0.2) is 24.3 Å². The van der Waals surface area contributed by atoms with Gasteiger partial charge in [-0.05, 0) is 24.8 Å². The summed E-state index contributed by atoms with van der Waals surface area (Å²) in [5.74, 6) is 0.0228. The smallest absolute Gasteiger partial charge is 0.405 e. The average molecular weight is 291 g/mol. The molecule has 3 nitrogen and oxygen atoms in total. The van der Waals surface area contributed by atoms with Gasteiger partial charge >= 0.3 is 6.36 Å². The van der Waals surface area contributed by atoms with Crippen LogP contribution in [-0.2, 0) is 0 Å². The molecule has 0 aliphatic rings. The monoisotopic (exact) mass is 291 g/mol. The average Bonchev–Trinajstić information content (AvgIpc) is 2.33. The quantitative estimate of drug-likeness (QED) is 0.844. The fourth-order valence-electron chi connectivity index (χ4n) is 1.86. The number of halogens is 3. The Kier molecular flexibility index (Phi) is 5.83. The van der Waals surface area contributed by atoms with Gasteiger partial charge in [0, 0.05) is 5.56 Å². The zero-order chi connectivity index (χ0) is 15.3. The van der Waals surface area contributed by atoms with E-state index in [4.69, 9.17) is 5.73 Å². The number of ether oxygens (including phenoxy) is 1. The van der Waals surface area contributed by atoms with E-state index in [1.54, 1.807) is 6.07 Å². The summed E-state index contributed by atoms with van der Waals surface area (Å²) in [6, 6.07) is 4.71. The molecule has 20 heavy (non-hydrogen) atoms. The number of nitrogens with two attached hydrogens (primary N) is 1. The number of rotatable bonds is 6. The van der Waals surface area contributed by atoms with Gasteiger partial charge in [0.2, 0.25) is 0 Å². The first-order valence-corrected chi connectivity index (χ1v) is 6.49. The van der Waals surface area contributed by atoms with Gasteiger partial charge in [-0.3, -0.25) is 0 Å². The predicted molar refractivity (Wildman–Crippen MR) is 70.1 cm³/mol. The van der Waals surface area contributed by atoms with Gasteiger partial charge < -0.3 is 15.6 Å². The lowest BCUT2D eigenvalue weighted by Crippen LogP contribution is -2.28. The van der Waals surface area contributed by atoms with Gasteiger partial charge in [0.05, 0.1) is 12.1 Å². The maximum absolute atomic E-state index is 12.3. The minimum absolute atomic E-state index is 0.154. The third-order valence-corrected chi connectivity index (χ3v) is 2.96. The summed E-state index contributed by atoms with van der Waals surface area (Å²) in [6.07, 6.45) is -4.51. The highest BCUT2D eigenvalue weighted by Gasteiger charge is 2.33. The van der Waals surface area contributed by atoms with Crippen LogP contribution in [-0.4, -0.2) is 17.6 Å². The van der Waals surface area contributed by atoms with Crippen molar-refractivity contribution in [3.05, 3.63) is 29.8 Å². The van der Waals surface area contributed by atoms with Crippen LogP contribution in [0.25, 0.3) is 0 Å². The van der Waals surface area contributed by atoms with Crippen molar-refractivity contribution in [2.45, 2.75) is 45.2 Å². The van der Waals surface area contributed by atoms with Gasteiger partial charge in [-0.2, -0.15) is 0 Å². The number of hydrogen-bond donors (Lipinski definition) is 2. The molecular weight excluding hydrogens is 271 g/mol. The lowest BCUT2D eigenvalue weighted by Gasteiger charge is -2.22. The van der Waals surface area contributed by atoms with Crippen molar-refractivity contribution in [3.63, 3.8) is 0 Å². The molecule has 0 radical (unpaired) electrons. The molecule has 2 atom stereocenters. The summed E-state index contributed by atoms with van der Waals surface area (Å²) in [7, 11) is 0. The van der Waals surface area contributed by atoms with Crippen molar-refractivity contribution in [1.82, 2.24) is 0 Å². The Morgan fingerprint density at radius 3 is 2.35 bits per heavy atom. The van der Waals surface area contributed by atoms with E-state index in [-0.39, 0.29) is 11.3 Å². The highest BCUT2D eigenvalue weighted by atomic mass is 19.4. The highest BCUT2D eigenvalue weighted by Crippen LogP contribution is 2.31. The molecule has 0 unspecified atom stereocenters. The zero-order valence-corrected chi connectivity index (χ0v) is 11.5. The molecule has 0 fully saturated rings. The Balaban J connectivity index is 2.84. The zero-order valence-electron chi connectivity index (χ0n) is 11.5. The van der Waals surface area contributed by atoms with Crippen molar-refractivity contribution in [2.24, 2.45) is 11.7 Å². The van der Waals surface area contributed by atoms with Gasteiger partial charge in [0.25, 0.3) is 0 Å². The third kappa shape index (κ3) is 5.38. The van der Waals surface area contributed by atoms with E-state index in [2.05, 4.69) is 4.74 Å². The normalized spacial score (nSPS) is 15.2. The minimum atomic E-state index is -4.78. The molecule has 0 aliphatic heterocycles. The van der Waals surface area contributed by atoms with Crippen LogP contribution in [0, 0.1) is 5.92 Å². The maximum Gasteiger partial charge on any atom is 0.573 e. The Morgan fingerprint density at radius 2 is 1.80 bits per heavy atom. The fraction of sp³-hybridized carbons (Fsp3) is 0.571. The number of aliphatic hydroxyl groups excluding tert-OH is 1. The molecule has 0 saturated heterocycles. The molecule has 3 N–H and O–H groups in total. The maximum atomic E-state index is 12.3. The molecule has 0 aliphatic carbocycles. The van der Waals surface area contributed by atoms with E-state index in [1.165, 1.54) is 18.2 Å². The molecule has 0 amide bonds. The molecule has 6 heteroatoms. The number of benzene rings is 1. The molecule has 0 spiro atoms. The first-order valence-electron chi connectivity index (χ1n) is 6.49. The summed E-state index contributed by atoms with van der Waals surface area (Å²) in [6.45, 7) is 4.00. The fourth-order valence-corrected chi connectivity index (χ4v) is 1.86. The number of para-hydroxylation sites is 1. The van der Waals surface area contributed by atoms with Crippen molar-refractivity contribution in [1.29, 1.82) is 0 Å². The summed E-state index contributed by atoms with van der Waals surface area (Å²) < 4.78 is 40.9. The number of hydrogen-bond acceptors (Lipinski definition) is 3. The van der Waals surface area contributed by atoms with Crippen LogP contribution in [0.2, 0.25) is 0 Å². The van der Waals surface area contributed by atoms with E-state index in [9.17, 15) is 18.3 Å². The number of aliphatic hydroxyl groups is 1. The Bertz CT molecular complexity index is 421. The van der Waals surface area contributed by atoms with Crippen LogP contribution in [0.5, 0.6) is 5.75 Å². The second-order valence-corrected chi connectivity index (χ2v) is 5.15. The molecule has 1 aromatic carbocycles. The second kappa shape index (κ2) is 6.95. The van der Waals surface area contributed by atoms with E-state index >= 15 is 0 Å². The Morgan fingerprint density at radius 1 is 1.20 bits per heavy atom. The topological polar surface area (TPSA) is 55.5 Å².